The second-order valence-electron chi connectivity index (χ2n) is 3.60. The van der Waals surface area contributed by atoms with Gasteiger partial charge in [0.1, 0.15) is 19.6 Å². The van der Waals surface area contributed by atoms with E-state index < -0.39 is 56.1 Å². The molecule has 0 rings (SSSR count). The topological polar surface area (TPSA) is 175 Å². The minimum Gasteiger partial charge on any atom is -0.563 e. The van der Waals surface area contributed by atoms with E-state index in [-0.39, 0.29) is 0 Å². The van der Waals surface area contributed by atoms with E-state index in [0.29, 0.717) is 9.80 Å². The van der Waals surface area contributed by atoms with Crippen LogP contribution in [0.2, 0.25) is 0 Å². The van der Waals surface area contributed by atoms with Crippen molar-refractivity contribution in [1.82, 2.24) is 9.80 Å². The minimum absolute atomic E-state index is 0.344. The Balaban J connectivity index is 5.09. The van der Waals surface area contributed by atoms with Crippen LogP contribution >= 0.6 is 0 Å². The molecular weight excluding hydrogens is 280 g/mol. The van der Waals surface area contributed by atoms with Crippen molar-refractivity contribution in [2.75, 3.05) is 26.2 Å². The Morgan fingerprint density at radius 3 is 1.25 bits per heavy atom. The van der Waals surface area contributed by atoms with Crippen LogP contribution in [-0.4, -0.2) is 86.3 Å². The summed E-state index contributed by atoms with van der Waals surface area (Å²) < 4.78 is 0. The van der Waals surface area contributed by atoms with Crippen molar-refractivity contribution >= 4 is 29.9 Å². The molecular formula is C9H13N2O9+. The van der Waals surface area contributed by atoms with Gasteiger partial charge in [0.25, 0.3) is 0 Å². The Labute approximate surface area is 111 Å². The summed E-state index contributed by atoms with van der Waals surface area (Å²) >= 11 is 0. The molecule has 0 fully saturated rings. The van der Waals surface area contributed by atoms with Gasteiger partial charge in [-0.25, -0.2) is 4.79 Å². The first-order chi connectivity index (χ1) is 9.13. The summed E-state index contributed by atoms with van der Waals surface area (Å²) in [6.45, 7) is -3.80. The van der Waals surface area contributed by atoms with Gasteiger partial charge >= 0.3 is 29.9 Å². The van der Waals surface area contributed by atoms with Gasteiger partial charge in [-0.3, -0.25) is 19.3 Å². The molecule has 0 aromatic heterocycles. The smallest absolute Gasteiger partial charge is 0.535 e. The highest BCUT2D eigenvalue weighted by Crippen LogP contribution is 2.00. The van der Waals surface area contributed by atoms with Crippen LogP contribution in [0.15, 0.2) is 0 Å². The number of rotatable bonds is 8. The van der Waals surface area contributed by atoms with Crippen LogP contribution in [0.3, 0.4) is 0 Å². The maximum absolute atomic E-state index is 11.8. The fourth-order valence-corrected chi connectivity index (χ4v) is 1.25. The molecule has 0 aliphatic carbocycles. The van der Waals surface area contributed by atoms with Gasteiger partial charge in [0.05, 0.1) is 0 Å². The molecule has 11 heteroatoms. The average molecular weight is 293 g/mol. The highest BCUT2D eigenvalue weighted by Gasteiger charge is 2.29. The van der Waals surface area contributed by atoms with Gasteiger partial charge in [0, 0.05) is 4.79 Å². The summed E-state index contributed by atoms with van der Waals surface area (Å²) in [6.07, 6.45) is 0. The van der Waals surface area contributed by atoms with E-state index in [0.717, 1.165) is 0 Å². The molecule has 0 aromatic carbocycles. The van der Waals surface area contributed by atoms with Crippen molar-refractivity contribution in [3.05, 3.63) is 0 Å². The van der Waals surface area contributed by atoms with Crippen LogP contribution in [0.4, 0.5) is 4.79 Å². The van der Waals surface area contributed by atoms with Crippen LogP contribution in [0.5, 0.6) is 0 Å². The molecule has 0 bridgehead atoms. The van der Waals surface area contributed by atoms with Gasteiger partial charge in [0.15, 0.2) is 6.54 Å². The van der Waals surface area contributed by atoms with Crippen LogP contribution in [0.1, 0.15) is 0 Å². The second kappa shape index (κ2) is 7.56. The van der Waals surface area contributed by atoms with Crippen LogP contribution in [-0.2, 0) is 19.2 Å². The van der Waals surface area contributed by atoms with E-state index >= 15 is 0 Å². The molecule has 5 N–H and O–H groups in total. The first-order valence-electron chi connectivity index (χ1n) is 5.07. The number of hydrogen-bond acceptors (Lipinski definition) is 5. The van der Waals surface area contributed by atoms with Crippen molar-refractivity contribution in [3.63, 3.8) is 0 Å². The average Bonchev–Trinajstić information content (AvgIpc) is 2.23. The number of hydrogen-bond donors (Lipinski definition) is 3. The number of carboxylic acids is 3. The number of urea groups is 1. The Kier molecular flexibility index (Phi) is 6.48. The number of carboxylic acid groups (broad SMARTS) is 3. The zero-order valence-corrected chi connectivity index (χ0v) is 10.1. The summed E-state index contributed by atoms with van der Waals surface area (Å²) in [4.78, 5) is 54.8. The maximum atomic E-state index is 11.8. The molecule has 2 amide bonds. The molecule has 0 radical (unpaired) electrons. The third-order valence-electron chi connectivity index (χ3n) is 1.85. The van der Waals surface area contributed by atoms with Crippen molar-refractivity contribution in [2.45, 2.75) is 0 Å². The predicted molar refractivity (Wildman–Crippen MR) is 60.1 cm³/mol. The molecule has 20 heavy (non-hydrogen) atoms. The Morgan fingerprint density at radius 1 is 0.700 bits per heavy atom. The third kappa shape index (κ3) is 6.78. The lowest BCUT2D eigenvalue weighted by molar-refractivity contribution is -0.140. The highest BCUT2D eigenvalue weighted by molar-refractivity contribution is 5.88. The van der Waals surface area contributed by atoms with Gasteiger partial charge < -0.3 is 25.3 Å². The summed E-state index contributed by atoms with van der Waals surface area (Å²) in [5.74, 6) is -5.78. The lowest BCUT2D eigenvalue weighted by Gasteiger charge is -2.25. The van der Waals surface area contributed by atoms with Gasteiger partial charge in [0.2, 0.25) is 0 Å². The zero-order valence-electron chi connectivity index (χ0n) is 10.1. The summed E-state index contributed by atoms with van der Waals surface area (Å²) in [6, 6.07) is -1.27. The predicted octanol–water partition coefficient (Wildman–Crippen LogP) is -2.78. The normalized spacial score (nSPS) is 9.60. The third-order valence-corrected chi connectivity index (χ3v) is 1.85. The van der Waals surface area contributed by atoms with E-state index in [9.17, 15) is 24.0 Å². The molecule has 0 heterocycles. The fraction of sp³-hybridized carbons (Fsp3) is 0.444. The van der Waals surface area contributed by atoms with Gasteiger partial charge in [-0.1, -0.05) is 0 Å². The SMILES string of the molecule is O=C(O)CN(CC(=O)O)C(=O)N(CC(=O)O)CC(=O)[OH2+]. The van der Waals surface area contributed by atoms with Gasteiger partial charge in [-0.15, -0.1) is 0 Å². The summed E-state index contributed by atoms with van der Waals surface area (Å²) in [7, 11) is 0. The van der Waals surface area contributed by atoms with E-state index in [1.165, 1.54) is 0 Å². The number of amides is 2. The lowest BCUT2D eigenvalue weighted by Crippen LogP contribution is -2.50. The highest BCUT2D eigenvalue weighted by atomic mass is 16.4. The van der Waals surface area contributed by atoms with Crippen molar-refractivity contribution in [1.29, 1.82) is 0 Å². The second-order valence-corrected chi connectivity index (χ2v) is 3.60. The maximum Gasteiger partial charge on any atom is 0.535 e. The monoisotopic (exact) mass is 293 g/mol. The van der Waals surface area contributed by atoms with E-state index in [1.54, 1.807) is 0 Å². The molecule has 0 unspecified atom stereocenters. The molecule has 0 atom stereocenters. The molecule has 0 saturated carbocycles. The molecule has 0 aliphatic heterocycles. The Hall–Kier alpha value is -2.85. The van der Waals surface area contributed by atoms with Crippen LogP contribution in [0.25, 0.3) is 0 Å². The van der Waals surface area contributed by atoms with Crippen molar-refractivity contribution < 1.29 is 44.4 Å². The first kappa shape index (κ1) is 17.2. The molecule has 0 spiro atoms. The standard InChI is InChI=1S/C9H12N2O9/c12-5(13)1-10(2-6(14)15)9(20)11(3-7(16)17)4-8(18)19/h1-4H2,(H,12,13)(H,14,15)(H,16,17)(H,18,19)/p+1. The first-order valence-corrected chi connectivity index (χ1v) is 5.07. The lowest BCUT2D eigenvalue weighted by atomic mass is 10.4. The molecule has 112 valence electrons. The quantitative estimate of drug-likeness (QED) is 0.402. The molecule has 0 aromatic rings. The Bertz CT molecular complexity index is 363. The number of carbonyl (C=O) groups is 5. The number of carbonyl (C=O) groups excluding carboxylic acids is 2. The molecule has 11 nitrogen and oxygen atoms in total. The minimum atomic E-state index is -1.51. The van der Waals surface area contributed by atoms with Crippen molar-refractivity contribution in [3.8, 4) is 0 Å². The van der Waals surface area contributed by atoms with Gasteiger partial charge in [-0.2, -0.15) is 0 Å². The zero-order chi connectivity index (χ0) is 15.9. The van der Waals surface area contributed by atoms with E-state index in [2.05, 4.69) is 0 Å². The van der Waals surface area contributed by atoms with Crippen LogP contribution < -0.4 is 0 Å². The van der Waals surface area contributed by atoms with E-state index in [1.807, 2.05) is 0 Å². The molecule has 0 aliphatic rings. The van der Waals surface area contributed by atoms with Crippen molar-refractivity contribution in [2.24, 2.45) is 0 Å². The molecule has 0 saturated heterocycles. The fourth-order valence-electron chi connectivity index (χ4n) is 1.25. The number of aliphatic carboxylic acids is 3. The van der Waals surface area contributed by atoms with Gasteiger partial charge in [-0.05, 0) is 0 Å². The van der Waals surface area contributed by atoms with Crippen LogP contribution in [0, 0.1) is 0 Å². The Morgan fingerprint density at radius 2 is 1.00 bits per heavy atom. The number of nitrogens with zero attached hydrogens (tertiary/aromatic N) is 2. The summed E-state index contributed by atoms with van der Waals surface area (Å²) in [5.41, 5.74) is 0. The summed E-state index contributed by atoms with van der Waals surface area (Å²) in [5, 5.41) is 32.4. The largest absolute Gasteiger partial charge is 0.563 e. The van der Waals surface area contributed by atoms with E-state index in [4.69, 9.17) is 20.4 Å².